The summed E-state index contributed by atoms with van der Waals surface area (Å²) >= 11 is 0. The van der Waals surface area contributed by atoms with Crippen molar-refractivity contribution in [3.63, 3.8) is 0 Å². The number of carbonyl (C=O) groups excluding carboxylic acids is 2. The van der Waals surface area contributed by atoms with E-state index < -0.39 is 0 Å². The van der Waals surface area contributed by atoms with E-state index in [1.165, 1.54) is 6.42 Å². The molecule has 4 nitrogen and oxygen atoms in total. The molecule has 0 unspecified atom stereocenters. The highest BCUT2D eigenvalue weighted by Crippen LogP contribution is 2.26. The van der Waals surface area contributed by atoms with E-state index >= 15 is 0 Å². The van der Waals surface area contributed by atoms with Gasteiger partial charge in [0.15, 0.2) is 0 Å². The van der Waals surface area contributed by atoms with Gasteiger partial charge in [0.2, 0.25) is 11.8 Å². The molecule has 2 saturated heterocycles. The molecule has 0 aromatic heterocycles. The number of carbonyl (C=O) groups is 2. The van der Waals surface area contributed by atoms with E-state index in [9.17, 15) is 9.59 Å². The average Bonchev–Trinajstić information content (AvgIpc) is 2.75. The number of hydrogen-bond acceptors (Lipinski definition) is 2. The van der Waals surface area contributed by atoms with Crippen molar-refractivity contribution >= 4 is 11.8 Å². The molecule has 20 heavy (non-hydrogen) atoms. The van der Waals surface area contributed by atoms with E-state index in [1.807, 2.05) is 9.80 Å². The summed E-state index contributed by atoms with van der Waals surface area (Å²) in [6, 6.07) is 0. The van der Waals surface area contributed by atoms with Crippen LogP contribution in [0.15, 0.2) is 0 Å². The molecule has 2 amide bonds. The van der Waals surface area contributed by atoms with Crippen LogP contribution in [-0.2, 0) is 9.59 Å². The minimum absolute atomic E-state index is 0.100. The first-order valence-corrected chi connectivity index (χ1v) is 8.07. The molecule has 2 aliphatic heterocycles. The van der Waals surface area contributed by atoms with Crippen LogP contribution in [0.25, 0.3) is 0 Å². The molecule has 2 rings (SSSR count). The second kappa shape index (κ2) is 6.59. The third-order valence-corrected chi connectivity index (χ3v) is 4.53. The van der Waals surface area contributed by atoms with Crippen LogP contribution in [0.2, 0.25) is 0 Å². The molecule has 2 heterocycles. The van der Waals surface area contributed by atoms with Crippen molar-refractivity contribution < 1.29 is 9.59 Å². The molecule has 3 atom stereocenters. The van der Waals surface area contributed by atoms with Gasteiger partial charge >= 0.3 is 0 Å². The zero-order chi connectivity index (χ0) is 14.7. The van der Waals surface area contributed by atoms with Gasteiger partial charge in [0.05, 0.1) is 5.92 Å². The Morgan fingerprint density at radius 1 is 1.20 bits per heavy atom. The van der Waals surface area contributed by atoms with Gasteiger partial charge in [-0.1, -0.05) is 27.2 Å². The van der Waals surface area contributed by atoms with Gasteiger partial charge in [0, 0.05) is 32.6 Å². The minimum Gasteiger partial charge on any atom is -0.342 e. The maximum atomic E-state index is 12.6. The van der Waals surface area contributed by atoms with Crippen LogP contribution in [0.4, 0.5) is 0 Å². The minimum atomic E-state index is -0.100. The first-order valence-electron chi connectivity index (χ1n) is 8.07. The predicted octanol–water partition coefficient (Wildman–Crippen LogP) is 2.14. The van der Waals surface area contributed by atoms with Gasteiger partial charge in [0.25, 0.3) is 0 Å². The second-order valence-electron chi connectivity index (χ2n) is 6.78. The fraction of sp³-hybridized carbons (Fsp3) is 0.875. The molecule has 2 aliphatic rings. The van der Waals surface area contributed by atoms with Crippen molar-refractivity contribution in [3.05, 3.63) is 0 Å². The third-order valence-electron chi connectivity index (χ3n) is 4.53. The summed E-state index contributed by atoms with van der Waals surface area (Å²) in [5, 5.41) is 0. The van der Waals surface area contributed by atoms with Crippen molar-refractivity contribution in [1.29, 1.82) is 0 Å². The Labute approximate surface area is 122 Å². The van der Waals surface area contributed by atoms with Crippen LogP contribution in [0.3, 0.4) is 0 Å². The van der Waals surface area contributed by atoms with E-state index in [1.54, 1.807) is 0 Å². The molecular formula is C16H28N2O2. The highest BCUT2D eigenvalue weighted by Gasteiger charge is 2.37. The van der Waals surface area contributed by atoms with Gasteiger partial charge in [-0.15, -0.1) is 0 Å². The van der Waals surface area contributed by atoms with Crippen LogP contribution >= 0.6 is 0 Å². The van der Waals surface area contributed by atoms with Gasteiger partial charge in [-0.05, 0) is 24.7 Å². The number of unbranched alkanes of at least 4 members (excludes halogenated alkanes) is 1. The summed E-state index contributed by atoms with van der Waals surface area (Å²) in [5.41, 5.74) is 0. The largest absolute Gasteiger partial charge is 0.342 e. The molecule has 0 saturated carbocycles. The van der Waals surface area contributed by atoms with Crippen LogP contribution in [0, 0.1) is 17.8 Å². The SMILES string of the molecule is CCCCN1C[C@H](C(=O)N2C[C@H](C)C[C@@H](C)C2)CC1=O. The van der Waals surface area contributed by atoms with Gasteiger partial charge in [-0.2, -0.15) is 0 Å². The lowest BCUT2D eigenvalue weighted by Gasteiger charge is -2.36. The number of piperidine rings is 1. The summed E-state index contributed by atoms with van der Waals surface area (Å²) in [6.07, 6.45) is 3.74. The molecule has 2 fully saturated rings. The Hall–Kier alpha value is -1.06. The molecule has 4 heteroatoms. The lowest BCUT2D eigenvalue weighted by Crippen LogP contribution is -2.45. The maximum absolute atomic E-state index is 12.6. The highest BCUT2D eigenvalue weighted by atomic mass is 16.2. The van der Waals surface area contributed by atoms with Gasteiger partial charge in [0.1, 0.15) is 0 Å². The standard InChI is InChI=1S/C16H28N2O2/c1-4-5-6-17-11-14(8-15(17)19)16(20)18-9-12(2)7-13(3)10-18/h12-14H,4-11H2,1-3H3/t12-,13-,14-/m1/s1. The maximum Gasteiger partial charge on any atom is 0.228 e. The van der Waals surface area contributed by atoms with E-state index in [0.29, 0.717) is 24.8 Å². The normalized spacial score (nSPS) is 30.9. The Bertz CT molecular complexity index is 359. The van der Waals surface area contributed by atoms with Gasteiger partial charge < -0.3 is 9.80 Å². The number of likely N-dealkylation sites (tertiary alicyclic amines) is 2. The Balaban J connectivity index is 1.91. The van der Waals surface area contributed by atoms with E-state index in [0.717, 1.165) is 32.5 Å². The molecule has 0 aliphatic carbocycles. The fourth-order valence-corrected chi connectivity index (χ4v) is 3.60. The number of rotatable bonds is 4. The van der Waals surface area contributed by atoms with Crippen molar-refractivity contribution in [2.75, 3.05) is 26.2 Å². The fourth-order valence-electron chi connectivity index (χ4n) is 3.60. The summed E-state index contributed by atoms with van der Waals surface area (Å²) < 4.78 is 0. The summed E-state index contributed by atoms with van der Waals surface area (Å²) in [6.45, 7) is 9.72. The van der Waals surface area contributed by atoms with E-state index in [2.05, 4.69) is 20.8 Å². The molecule has 0 N–H and O–H groups in total. The topological polar surface area (TPSA) is 40.6 Å². The second-order valence-corrected chi connectivity index (χ2v) is 6.78. The lowest BCUT2D eigenvalue weighted by molar-refractivity contribution is -0.138. The summed E-state index contributed by atoms with van der Waals surface area (Å²) in [7, 11) is 0. The summed E-state index contributed by atoms with van der Waals surface area (Å²) in [4.78, 5) is 28.4. The van der Waals surface area contributed by atoms with Crippen molar-refractivity contribution in [2.24, 2.45) is 17.8 Å². The van der Waals surface area contributed by atoms with Crippen LogP contribution in [0.5, 0.6) is 0 Å². The third kappa shape index (κ3) is 3.53. The van der Waals surface area contributed by atoms with Crippen molar-refractivity contribution in [2.45, 2.75) is 46.5 Å². The van der Waals surface area contributed by atoms with Gasteiger partial charge in [-0.25, -0.2) is 0 Å². The van der Waals surface area contributed by atoms with Crippen LogP contribution in [0.1, 0.15) is 46.5 Å². The molecular weight excluding hydrogens is 252 g/mol. The van der Waals surface area contributed by atoms with Crippen LogP contribution < -0.4 is 0 Å². The molecule has 0 aromatic rings. The quantitative estimate of drug-likeness (QED) is 0.791. The Morgan fingerprint density at radius 2 is 1.85 bits per heavy atom. The number of amides is 2. The highest BCUT2D eigenvalue weighted by molar-refractivity contribution is 5.89. The molecule has 0 radical (unpaired) electrons. The number of hydrogen-bond donors (Lipinski definition) is 0. The Morgan fingerprint density at radius 3 is 2.45 bits per heavy atom. The molecule has 0 bridgehead atoms. The Kier molecular flexibility index (Phi) is 5.06. The van der Waals surface area contributed by atoms with E-state index in [4.69, 9.17) is 0 Å². The van der Waals surface area contributed by atoms with Crippen molar-refractivity contribution in [1.82, 2.24) is 9.80 Å². The predicted molar refractivity (Wildman–Crippen MR) is 79.1 cm³/mol. The number of nitrogens with zero attached hydrogens (tertiary/aromatic N) is 2. The summed E-state index contributed by atoms with van der Waals surface area (Å²) in [5.74, 6) is 1.43. The zero-order valence-corrected chi connectivity index (χ0v) is 13.1. The monoisotopic (exact) mass is 280 g/mol. The average molecular weight is 280 g/mol. The zero-order valence-electron chi connectivity index (χ0n) is 13.1. The molecule has 114 valence electrons. The smallest absolute Gasteiger partial charge is 0.228 e. The lowest BCUT2D eigenvalue weighted by atomic mass is 9.91. The van der Waals surface area contributed by atoms with Crippen molar-refractivity contribution in [3.8, 4) is 0 Å². The van der Waals surface area contributed by atoms with Crippen LogP contribution in [-0.4, -0.2) is 47.8 Å². The molecule has 0 aromatic carbocycles. The van der Waals surface area contributed by atoms with Gasteiger partial charge in [-0.3, -0.25) is 9.59 Å². The van der Waals surface area contributed by atoms with E-state index in [-0.39, 0.29) is 17.7 Å². The first-order chi connectivity index (χ1) is 9.51. The first kappa shape index (κ1) is 15.3. The molecule has 0 spiro atoms.